The summed E-state index contributed by atoms with van der Waals surface area (Å²) in [4.78, 5) is 0. The van der Waals surface area contributed by atoms with Crippen LogP contribution in [0.25, 0.3) is 0 Å². The average molecular weight is 275 g/mol. The van der Waals surface area contributed by atoms with E-state index >= 15 is 0 Å². The number of nitrogens with zero attached hydrogens (tertiary/aromatic N) is 2. The molecule has 0 amide bonds. The van der Waals surface area contributed by atoms with Gasteiger partial charge in [-0.05, 0) is 12.0 Å². The van der Waals surface area contributed by atoms with Gasteiger partial charge in [0.05, 0.1) is 26.0 Å². The van der Waals surface area contributed by atoms with Crippen molar-refractivity contribution in [2.45, 2.75) is 25.6 Å². The molecule has 2 rings (SSSR count). The lowest BCUT2D eigenvalue weighted by molar-refractivity contribution is 0.241. The van der Waals surface area contributed by atoms with Crippen LogP contribution in [0.4, 0.5) is 0 Å². The van der Waals surface area contributed by atoms with Crippen LogP contribution in [0.2, 0.25) is 0 Å². The van der Waals surface area contributed by atoms with Crippen molar-refractivity contribution in [2.24, 2.45) is 0 Å². The van der Waals surface area contributed by atoms with Gasteiger partial charge in [-0.15, -0.1) is 0 Å². The summed E-state index contributed by atoms with van der Waals surface area (Å²) < 4.78 is 1.71. The smallest absolute Gasteiger partial charge is 0.0640 e. The number of aliphatic hydroxyl groups excluding tert-OH is 2. The van der Waals surface area contributed by atoms with E-state index in [2.05, 4.69) is 22.5 Å². The Kier molecular flexibility index (Phi) is 5.73. The standard InChI is InChI=1S/C15H21N3O2/c19-7-6-18-11-14(10-17-18)9-16-15(12-20)8-13-4-2-1-3-5-13/h1-5,10-11,15-16,19-20H,6-9,12H2/t15-/m1/s1. The van der Waals surface area contributed by atoms with Crippen molar-refractivity contribution in [3.63, 3.8) is 0 Å². The van der Waals surface area contributed by atoms with Crippen LogP contribution < -0.4 is 5.32 Å². The maximum absolute atomic E-state index is 9.44. The third-order valence-electron chi connectivity index (χ3n) is 3.16. The van der Waals surface area contributed by atoms with Gasteiger partial charge in [-0.3, -0.25) is 4.68 Å². The highest BCUT2D eigenvalue weighted by molar-refractivity contribution is 5.16. The second-order valence-corrected chi connectivity index (χ2v) is 4.79. The van der Waals surface area contributed by atoms with Crippen molar-refractivity contribution >= 4 is 0 Å². The first-order valence-corrected chi connectivity index (χ1v) is 6.82. The highest BCUT2D eigenvalue weighted by Crippen LogP contribution is 2.04. The molecule has 0 fully saturated rings. The van der Waals surface area contributed by atoms with Crippen LogP contribution in [0.15, 0.2) is 42.7 Å². The van der Waals surface area contributed by atoms with Gasteiger partial charge in [0.25, 0.3) is 0 Å². The fourth-order valence-corrected chi connectivity index (χ4v) is 2.08. The van der Waals surface area contributed by atoms with Crippen molar-refractivity contribution in [2.75, 3.05) is 13.2 Å². The van der Waals surface area contributed by atoms with Gasteiger partial charge >= 0.3 is 0 Å². The van der Waals surface area contributed by atoms with Crippen molar-refractivity contribution in [1.29, 1.82) is 0 Å². The normalized spacial score (nSPS) is 12.5. The van der Waals surface area contributed by atoms with Gasteiger partial charge in [0.2, 0.25) is 0 Å². The highest BCUT2D eigenvalue weighted by atomic mass is 16.3. The Bertz CT molecular complexity index is 499. The first kappa shape index (κ1) is 14.7. The van der Waals surface area contributed by atoms with Crippen LogP contribution in [0.3, 0.4) is 0 Å². The van der Waals surface area contributed by atoms with E-state index in [0.29, 0.717) is 13.1 Å². The molecule has 5 nitrogen and oxygen atoms in total. The van der Waals surface area contributed by atoms with E-state index in [1.54, 1.807) is 10.9 Å². The molecule has 108 valence electrons. The minimum absolute atomic E-state index is 0.0265. The lowest BCUT2D eigenvalue weighted by atomic mass is 10.1. The monoisotopic (exact) mass is 275 g/mol. The van der Waals surface area contributed by atoms with Crippen LogP contribution in [0.1, 0.15) is 11.1 Å². The molecule has 2 aromatic rings. The number of rotatable bonds is 8. The first-order chi connectivity index (χ1) is 9.81. The van der Waals surface area contributed by atoms with E-state index in [1.165, 1.54) is 5.56 Å². The van der Waals surface area contributed by atoms with Gasteiger partial charge in [0.15, 0.2) is 0 Å². The molecule has 3 N–H and O–H groups in total. The molecular weight excluding hydrogens is 254 g/mol. The Hall–Kier alpha value is -1.69. The molecule has 0 saturated carbocycles. The van der Waals surface area contributed by atoms with E-state index < -0.39 is 0 Å². The zero-order chi connectivity index (χ0) is 14.2. The Morgan fingerprint density at radius 2 is 1.95 bits per heavy atom. The summed E-state index contributed by atoms with van der Waals surface area (Å²) in [6.45, 7) is 1.35. The topological polar surface area (TPSA) is 70.3 Å². The Labute approximate surface area is 118 Å². The number of aliphatic hydroxyl groups is 2. The fourth-order valence-electron chi connectivity index (χ4n) is 2.08. The molecule has 1 aromatic carbocycles. The molecule has 5 heteroatoms. The molecule has 0 radical (unpaired) electrons. The minimum atomic E-state index is 0.0265. The van der Waals surface area contributed by atoms with Gasteiger partial charge in [-0.1, -0.05) is 30.3 Å². The van der Waals surface area contributed by atoms with Crippen LogP contribution in [-0.2, 0) is 19.5 Å². The van der Waals surface area contributed by atoms with Crippen LogP contribution in [0.5, 0.6) is 0 Å². The zero-order valence-corrected chi connectivity index (χ0v) is 11.4. The predicted molar refractivity (Wildman–Crippen MR) is 77.2 cm³/mol. The summed E-state index contributed by atoms with van der Waals surface area (Å²) in [6, 6.07) is 10.1. The first-order valence-electron chi connectivity index (χ1n) is 6.82. The van der Waals surface area contributed by atoms with Crippen LogP contribution in [0, 0.1) is 0 Å². The van der Waals surface area contributed by atoms with Crippen molar-refractivity contribution in [3.05, 3.63) is 53.9 Å². The molecular formula is C15H21N3O2. The number of benzene rings is 1. The molecule has 1 atom stereocenters. The van der Waals surface area contributed by atoms with Crippen LogP contribution in [-0.4, -0.2) is 39.2 Å². The minimum Gasteiger partial charge on any atom is -0.395 e. The summed E-state index contributed by atoms with van der Waals surface area (Å²) >= 11 is 0. The van der Waals surface area contributed by atoms with Crippen molar-refractivity contribution in [1.82, 2.24) is 15.1 Å². The highest BCUT2D eigenvalue weighted by Gasteiger charge is 2.08. The molecule has 0 aliphatic rings. The molecule has 0 aliphatic heterocycles. The maximum Gasteiger partial charge on any atom is 0.0640 e. The molecule has 0 spiro atoms. The second-order valence-electron chi connectivity index (χ2n) is 4.79. The lowest BCUT2D eigenvalue weighted by Gasteiger charge is -2.15. The SMILES string of the molecule is OCCn1cc(CN[C@@H](CO)Cc2ccccc2)cn1. The molecule has 0 unspecified atom stereocenters. The zero-order valence-electron chi connectivity index (χ0n) is 11.4. The Morgan fingerprint density at radius 3 is 2.65 bits per heavy atom. The number of aromatic nitrogens is 2. The molecule has 0 aliphatic carbocycles. The summed E-state index contributed by atoms with van der Waals surface area (Å²) in [6.07, 6.45) is 4.47. The maximum atomic E-state index is 9.44. The fraction of sp³-hybridized carbons (Fsp3) is 0.400. The summed E-state index contributed by atoms with van der Waals surface area (Å²) in [5, 5.41) is 25.7. The van der Waals surface area contributed by atoms with Crippen molar-refractivity contribution < 1.29 is 10.2 Å². The number of hydrogen-bond donors (Lipinski definition) is 3. The van der Waals surface area contributed by atoms with Gasteiger partial charge in [0.1, 0.15) is 0 Å². The van der Waals surface area contributed by atoms with Gasteiger partial charge in [-0.2, -0.15) is 5.10 Å². The molecule has 20 heavy (non-hydrogen) atoms. The van der Waals surface area contributed by atoms with Gasteiger partial charge in [-0.25, -0.2) is 0 Å². The van der Waals surface area contributed by atoms with Gasteiger partial charge in [0, 0.05) is 24.3 Å². The predicted octanol–water partition coefficient (Wildman–Crippen LogP) is 0.569. The van der Waals surface area contributed by atoms with E-state index in [0.717, 1.165) is 12.0 Å². The molecule has 1 heterocycles. The number of nitrogens with one attached hydrogen (secondary N) is 1. The number of hydrogen-bond acceptors (Lipinski definition) is 4. The third kappa shape index (κ3) is 4.45. The third-order valence-corrected chi connectivity index (χ3v) is 3.16. The van der Waals surface area contributed by atoms with E-state index in [1.807, 2.05) is 24.4 Å². The Morgan fingerprint density at radius 1 is 1.15 bits per heavy atom. The average Bonchev–Trinajstić information content (AvgIpc) is 2.92. The van der Waals surface area contributed by atoms with Crippen molar-refractivity contribution in [3.8, 4) is 0 Å². The lowest BCUT2D eigenvalue weighted by Crippen LogP contribution is -2.33. The summed E-state index contributed by atoms with van der Waals surface area (Å²) in [5.74, 6) is 0. The van der Waals surface area contributed by atoms with Crippen LogP contribution >= 0.6 is 0 Å². The summed E-state index contributed by atoms with van der Waals surface area (Å²) in [7, 11) is 0. The molecule has 0 bridgehead atoms. The summed E-state index contributed by atoms with van der Waals surface area (Å²) in [5.41, 5.74) is 2.25. The Balaban J connectivity index is 1.83. The van der Waals surface area contributed by atoms with E-state index in [9.17, 15) is 5.11 Å². The molecule has 1 aromatic heterocycles. The van der Waals surface area contributed by atoms with E-state index in [-0.39, 0.29) is 19.3 Å². The second kappa shape index (κ2) is 7.79. The van der Waals surface area contributed by atoms with Gasteiger partial charge < -0.3 is 15.5 Å². The largest absolute Gasteiger partial charge is 0.395 e. The quantitative estimate of drug-likeness (QED) is 0.659. The molecule has 0 saturated heterocycles. The van der Waals surface area contributed by atoms with E-state index in [4.69, 9.17) is 5.11 Å².